The Labute approximate surface area is 203 Å². The Kier molecular flexibility index (Phi) is 6.81. The van der Waals surface area contributed by atoms with Gasteiger partial charge in [0.15, 0.2) is 17.3 Å². The Bertz CT molecular complexity index is 1280. The van der Waals surface area contributed by atoms with Gasteiger partial charge in [-0.25, -0.2) is 9.48 Å². The molecular weight excluding hydrogens is 452 g/mol. The van der Waals surface area contributed by atoms with Gasteiger partial charge in [0, 0.05) is 16.8 Å². The number of rotatable bonds is 8. The Morgan fingerprint density at radius 2 is 1.69 bits per heavy atom. The number of anilines is 1. The van der Waals surface area contributed by atoms with Gasteiger partial charge in [-0.3, -0.25) is 0 Å². The molecule has 0 radical (unpaired) electrons. The Balaban J connectivity index is 1.91. The standard InChI is InChI=1S/C25H28N4O6/c1-7-35-24(30)21-14(2)26-25-27-23(15-8-10-19(33-5)20(12-15)34-6)28-29(25)22(21)17-13-16(31-3)9-11-18(17)32-4/h8-13,22H,7H2,1-6H3,(H,26,27,28). The molecule has 184 valence electrons. The van der Waals surface area contributed by atoms with Crippen molar-refractivity contribution < 1.29 is 28.5 Å². The molecule has 4 rings (SSSR count). The molecule has 2 heterocycles. The molecule has 1 aromatic heterocycles. The Morgan fingerprint density at radius 3 is 2.34 bits per heavy atom. The Morgan fingerprint density at radius 1 is 0.971 bits per heavy atom. The van der Waals surface area contributed by atoms with Crippen molar-refractivity contribution >= 4 is 11.9 Å². The summed E-state index contributed by atoms with van der Waals surface area (Å²) in [6.07, 6.45) is 0. The predicted molar refractivity (Wildman–Crippen MR) is 129 cm³/mol. The second kappa shape index (κ2) is 9.96. The second-order valence-electron chi connectivity index (χ2n) is 7.67. The van der Waals surface area contributed by atoms with Crippen LogP contribution in [0, 0.1) is 0 Å². The van der Waals surface area contributed by atoms with Gasteiger partial charge < -0.3 is 29.0 Å². The van der Waals surface area contributed by atoms with Crippen LogP contribution in [0.15, 0.2) is 47.7 Å². The van der Waals surface area contributed by atoms with Crippen molar-refractivity contribution in [3.8, 4) is 34.4 Å². The van der Waals surface area contributed by atoms with E-state index in [9.17, 15) is 4.79 Å². The number of hydrogen-bond donors (Lipinski definition) is 1. The van der Waals surface area contributed by atoms with E-state index in [-0.39, 0.29) is 6.61 Å². The highest BCUT2D eigenvalue weighted by Gasteiger charge is 2.37. The average Bonchev–Trinajstić information content (AvgIpc) is 3.30. The second-order valence-corrected chi connectivity index (χ2v) is 7.67. The van der Waals surface area contributed by atoms with Crippen molar-refractivity contribution in [3.05, 3.63) is 53.2 Å². The van der Waals surface area contributed by atoms with Crippen molar-refractivity contribution in [2.24, 2.45) is 0 Å². The molecule has 0 aliphatic carbocycles. The fourth-order valence-corrected chi connectivity index (χ4v) is 4.06. The number of carbonyl (C=O) groups is 1. The summed E-state index contributed by atoms with van der Waals surface area (Å²) in [5, 5.41) is 7.97. The van der Waals surface area contributed by atoms with E-state index in [1.165, 1.54) is 0 Å². The molecule has 10 heteroatoms. The van der Waals surface area contributed by atoms with E-state index in [0.29, 0.717) is 51.6 Å². The van der Waals surface area contributed by atoms with Gasteiger partial charge in [-0.2, -0.15) is 4.98 Å². The van der Waals surface area contributed by atoms with Gasteiger partial charge in [0.05, 0.1) is 40.6 Å². The zero-order valence-corrected chi connectivity index (χ0v) is 20.5. The first kappa shape index (κ1) is 23.9. The van der Waals surface area contributed by atoms with E-state index >= 15 is 0 Å². The Hall–Kier alpha value is -4.21. The quantitative estimate of drug-likeness (QED) is 0.482. The third-order valence-electron chi connectivity index (χ3n) is 5.72. The van der Waals surface area contributed by atoms with Crippen LogP contribution >= 0.6 is 0 Å². The van der Waals surface area contributed by atoms with Crippen molar-refractivity contribution in [2.75, 3.05) is 40.4 Å². The number of aromatic nitrogens is 3. The van der Waals surface area contributed by atoms with E-state index in [4.69, 9.17) is 33.8 Å². The largest absolute Gasteiger partial charge is 0.497 e. The van der Waals surface area contributed by atoms with Crippen LogP contribution in [0.1, 0.15) is 25.5 Å². The molecule has 1 aliphatic rings. The summed E-state index contributed by atoms with van der Waals surface area (Å²) < 4.78 is 28.9. The lowest BCUT2D eigenvalue weighted by molar-refractivity contribution is -0.139. The minimum atomic E-state index is -0.670. The molecule has 0 spiro atoms. The van der Waals surface area contributed by atoms with Gasteiger partial charge in [0.1, 0.15) is 17.5 Å². The third-order valence-corrected chi connectivity index (χ3v) is 5.72. The first-order valence-corrected chi connectivity index (χ1v) is 11.0. The summed E-state index contributed by atoms with van der Waals surface area (Å²) in [6, 6.07) is 10.2. The van der Waals surface area contributed by atoms with Gasteiger partial charge >= 0.3 is 5.97 Å². The molecule has 3 aromatic rings. The number of methoxy groups -OCH3 is 4. The summed E-state index contributed by atoms with van der Waals surface area (Å²) in [5.74, 6) is 2.79. The SMILES string of the molecule is CCOC(=O)C1=C(C)Nc2nc(-c3ccc(OC)c(OC)c3)nn2C1c1cc(OC)ccc1OC. The maximum atomic E-state index is 13.1. The number of nitrogens with one attached hydrogen (secondary N) is 1. The fraction of sp³-hybridized carbons (Fsp3) is 0.320. The lowest BCUT2D eigenvalue weighted by atomic mass is 9.94. The molecule has 2 aromatic carbocycles. The molecule has 35 heavy (non-hydrogen) atoms. The number of ether oxygens (including phenoxy) is 5. The number of allylic oxidation sites excluding steroid dienone is 1. The van der Waals surface area contributed by atoms with Crippen molar-refractivity contribution in [2.45, 2.75) is 19.9 Å². The van der Waals surface area contributed by atoms with Crippen LogP contribution in [0.2, 0.25) is 0 Å². The monoisotopic (exact) mass is 480 g/mol. The highest BCUT2D eigenvalue weighted by Crippen LogP contribution is 2.42. The number of carbonyl (C=O) groups excluding carboxylic acids is 1. The summed E-state index contributed by atoms with van der Waals surface area (Å²) in [6.45, 7) is 3.81. The van der Waals surface area contributed by atoms with Crippen molar-refractivity contribution in [1.82, 2.24) is 14.8 Å². The lowest BCUT2D eigenvalue weighted by Crippen LogP contribution is -2.30. The average molecular weight is 481 g/mol. The molecule has 0 fully saturated rings. The molecule has 1 unspecified atom stereocenters. The summed E-state index contributed by atoms with van der Waals surface area (Å²) >= 11 is 0. The highest BCUT2D eigenvalue weighted by molar-refractivity contribution is 5.92. The van der Waals surface area contributed by atoms with E-state index in [1.807, 2.05) is 12.1 Å². The number of fused-ring (bicyclic) bond motifs is 1. The van der Waals surface area contributed by atoms with E-state index in [2.05, 4.69) is 5.32 Å². The number of esters is 1. The first-order valence-electron chi connectivity index (χ1n) is 11.0. The van der Waals surface area contributed by atoms with E-state index < -0.39 is 12.0 Å². The van der Waals surface area contributed by atoms with Gasteiger partial charge in [0.2, 0.25) is 5.95 Å². The summed E-state index contributed by atoms with van der Waals surface area (Å²) in [7, 11) is 6.30. The normalized spacial score (nSPS) is 14.6. The molecule has 10 nitrogen and oxygen atoms in total. The topological polar surface area (TPSA) is 106 Å². The molecule has 0 saturated carbocycles. The van der Waals surface area contributed by atoms with E-state index in [0.717, 1.165) is 5.56 Å². The van der Waals surface area contributed by atoms with Gasteiger partial charge in [-0.15, -0.1) is 5.10 Å². The van der Waals surface area contributed by atoms with Gasteiger partial charge in [-0.1, -0.05) is 0 Å². The van der Waals surface area contributed by atoms with Crippen LogP contribution in [-0.2, 0) is 9.53 Å². The minimum absolute atomic E-state index is 0.235. The number of nitrogens with zero attached hydrogens (tertiary/aromatic N) is 3. The molecule has 0 amide bonds. The molecule has 1 atom stereocenters. The zero-order valence-electron chi connectivity index (χ0n) is 20.5. The summed E-state index contributed by atoms with van der Waals surface area (Å²) in [5.41, 5.74) is 2.41. The number of benzene rings is 2. The molecule has 0 bridgehead atoms. The van der Waals surface area contributed by atoms with Crippen LogP contribution in [0.3, 0.4) is 0 Å². The van der Waals surface area contributed by atoms with E-state index in [1.54, 1.807) is 71.2 Å². The predicted octanol–water partition coefficient (Wildman–Crippen LogP) is 3.83. The van der Waals surface area contributed by atoms with Crippen LogP contribution in [0.4, 0.5) is 5.95 Å². The maximum Gasteiger partial charge on any atom is 0.338 e. The van der Waals surface area contributed by atoms with Gasteiger partial charge in [-0.05, 0) is 50.2 Å². The lowest BCUT2D eigenvalue weighted by Gasteiger charge is -2.29. The third kappa shape index (κ3) is 4.34. The van der Waals surface area contributed by atoms with Crippen molar-refractivity contribution in [1.29, 1.82) is 0 Å². The first-order chi connectivity index (χ1) is 16.9. The minimum Gasteiger partial charge on any atom is -0.497 e. The highest BCUT2D eigenvalue weighted by atomic mass is 16.5. The smallest absolute Gasteiger partial charge is 0.338 e. The van der Waals surface area contributed by atoms with Crippen LogP contribution in [0.25, 0.3) is 11.4 Å². The summed E-state index contributed by atoms with van der Waals surface area (Å²) in [4.78, 5) is 17.8. The van der Waals surface area contributed by atoms with Gasteiger partial charge in [0.25, 0.3) is 0 Å². The van der Waals surface area contributed by atoms with Crippen LogP contribution in [0.5, 0.6) is 23.0 Å². The molecule has 1 aliphatic heterocycles. The number of hydrogen-bond acceptors (Lipinski definition) is 9. The van der Waals surface area contributed by atoms with Crippen molar-refractivity contribution in [3.63, 3.8) is 0 Å². The van der Waals surface area contributed by atoms with Crippen LogP contribution < -0.4 is 24.3 Å². The van der Waals surface area contributed by atoms with Crippen LogP contribution in [-0.4, -0.2) is 55.8 Å². The zero-order chi connectivity index (χ0) is 25.1. The molecular formula is C25H28N4O6. The maximum absolute atomic E-state index is 13.1. The fourth-order valence-electron chi connectivity index (χ4n) is 4.06. The molecule has 0 saturated heterocycles. The molecule has 1 N–H and O–H groups in total.